The molecule has 0 spiro atoms. The lowest BCUT2D eigenvalue weighted by Gasteiger charge is -2.21. The van der Waals surface area contributed by atoms with E-state index in [1.165, 1.54) is 5.56 Å². The molecule has 5 heteroatoms. The molecule has 0 amide bonds. The first-order valence-corrected chi connectivity index (χ1v) is 6.89. The molecule has 1 unspecified atom stereocenters. The molecular formula is C16H13N3O2. The summed E-state index contributed by atoms with van der Waals surface area (Å²) in [6, 6.07) is 15.7. The van der Waals surface area contributed by atoms with Gasteiger partial charge in [0, 0.05) is 24.1 Å². The average Bonchev–Trinajstić information content (AvgIpc) is 3.24. The van der Waals surface area contributed by atoms with Gasteiger partial charge in [-0.1, -0.05) is 30.3 Å². The monoisotopic (exact) mass is 279 g/mol. The van der Waals surface area contributed by atoms with Crippen molar-refractivity contribution in [1.29, 1.82) is 0 Å². The van der Waals surface area contributed by atoms with E-state index in [-0.39, 0.29) is 10.6 Å². The smallest absolute Gasteiger partial charge is 0.269 e. The predicted octanol–water partition coefficient (Wildman–Crippen LogP) is 2.91. The highest BCUT2D eigenvalue weighted by Crippen LogP contribution is 2.37. The molecular weight excluding hydrogens is 266 g/mol. The van der Waals surface area contributed by atoms with E-state index in [1.54, 1.807) is 18.2 Å². The number of hydrogen-bond acceptors (Lipinski definition) is 4. The van der Waals surface area contributed by atoms with Gasteiger partial charge in [0.15, 0.2) is 0 Å². The maximum absolute atomic E-state index is 10.7. The molecule has 1 atom stereocenters. The van der Waals surface area contributed by atoms with E-state index < -0.39 is 0 Å². The fraction of sp³-hybridized carbons (Fsp3) is 0.188. The second-order valence-corrected chi connectivity index (χ2v) is 5.37. The highest BCUT2D eigenvalue weighted by atomic mass is 16.6. The molecule has 0 radical (unpaired) electrons. The minimum atomic E-state index is -0.356. The number of hydrogen-bond donors (Lipinski definition) is 0. The molecule has 2 aromatic carbocycles. The van der Waals surface area contributed by atoms with Crippen LogP contribution in [0.1, 0.15) is 22.7 Å². The summed E-state index contributed by atoms with van der Waals surface area (Å²) in [5, 5.41) is 17.4. The van der Waals surface area contributed by atoms with Crippen molar-refractivity contribution in [2.24, 2.45) is 5.10 Å². The average molecular weight is 279 g/mol. The molecule has 1 saturated heterocycles. The lowest BCUT2D eigenvalue weighted by atomic mass is 9.86. The Hall–Kier alpha value is -2.69. The summed E-state index contributed by atoms with van der Waals surface area (Å²) in [6.45, 7) is 0.940. The van der Waals surface area contributed by atoms with E-state index >= 15 is 0 Å². The van der Waals surface area contributed by atoms with Crippen LogP contribution in [0.5, 0.6) is 0 Å². The Morgan fingerprint density at radius 1 is 1.19 bits per heavy atom. The zero-order valence-corrected chi connectivity index (χ0v) is 11.3. The lowest BCUT2D eigenvalue weighted by Crippen LogP contribution is -2.21. The molecule has 2 aromatic rings. The van der Waals surface area contributed by atoms with Crippen LogP contribution >= 0.6 is 0 Å². The summed E-state index contributed by atoms with van der Waals surface area (Å²) in [5.41, 5.74) is 4.52. The maximum atomic E-state index is 10.7. The summed E-state index contributed by atoms with van der Waals surface area (Å²) in [5.74, 6) is 0. The second kappa shape index (κ2) is 4.41. The SMILES string of the molecule is O=[N+]([O-])c1ccc2c(c1)C/C2=N/N1CC1c1ccccc1. The minimum absolute atomic E-state index is 0.154. The van der Waals surface area contributed by atoms with Gasteiger partial charge in [0.25, 0.3) is 5.69 Å². The van der Waals surface area contributed by atoms with Gasteiger partial charge >= 0.3 is 0 Å². The highest BCUT2D eigenvalue weighted by Gasteiger charge is 2.36. The van der Waals surface area contributed by atoms with Crippen LogP contribution in [0.2, 0.25) is 0 Å². The third-order valence-electron chi connectivity index (χ3n) is 3.99. The number of hydrazone groups is 1. The molecule has 2 aliphatic rings. The quantitative estimate of drug-likeness (QED) is 0.493. The van der Waals surface area contributed by atoms with Crippen molar-refractivity contribution in [2.75, 3.05) is 6.54 Å². The van der Waals surface area contributed by atoms with Crippen LogP contribution in [-0.4, -0.2) is 22.2 Å². The summed E-state index contributed by atoms with van der Waals surface area (Å²) >= 11 is 0. The van der Waals surface area contributed by atoms with Gasteiger partial charge in [-0.3, -0.25) is 15.1 Å². The maximum Gasteiger partial charge on any atom is 0.269 e. The molecule has 1 aliphatic carbocycles. The third-order valence-corrected chi connectivity index (χ3v) is 3.99. The van der Waals surface area contributed by atoms with Gasteiger partial charge in [0.05, 0.1) is 23.2 Å². The molecule has 5 nitrogen and oxygen atoms in total. The highest BCUT2D eigenvalue weighted by molar-refractivity contribution is 6.10. The van der Waals surface area contributed by atoms with E-state index in [1.807, 2.05) is 18.2 Å². The number of non-ortho nitro benzene ring substituents is 1. The van der Waals surface area contributed by atoms with Crippen molar-refractivity contribution in [3.63, 3.8) is 0 Å². The standard InChI is InChI=1S/C16H13N3O2/c20-19(21)13-6-7-14-12(8-13)9-15(14)17-18-10-16(18)11-4-2-1-3-5-11/h1-8,16H,9-10H2/b17-15-. The van der Waals surface area contributed by atoms with Crippen LogP contribution in [0, 0.1) is 10.1 Å². The summed E-state index contributed by atoms with van der Waals surface area (Å²) in [4.78, 5) is 10.4. The Labute approximate surface area is 121 Å². The summed E-state index contributed by atoms with van der Waals surface area (Å²) < 4.78 is 0. The van der Waals surface area contributed by atoms with Crippen molar-refractivity contribution in [2.45, 2.75) is 12.5 Å². The molecule has 0 saturated carbocycles. The minimum Gasteiger partial charge on any atom is -0.285 e. The molecule has 4 rings (SSSR count). The number of fused-ring (bicyclic) bond motifs is 1. The fourth-order valence-electron chi connectivity index (χ4n) is 2.73. The van der Waals surface area contributed by atoms with Crippen LogP contribution in [-0.2, 0) is 6.42 Å². The molecule has 21 heavy (non-hydrogen) atoms. The topological polar surface area (TPSA) is 58.5 Å². The number of rotatable bonds is 3. The first-order chi connectivity index (χ1) is 10.2. The Kier molecular flexibility index (Phi) is 2.54. The van der Waals surface area contributed by atoms with Crippen molar-refractivity contribution in [3.05, 3.63) is 75.3 Å². The number of benzene rings is 2. The fourth-order valence-corrected chi connectivity index (χ4v) is 2.73. The Bertz CT molecular complexity index is 755. The Morgan fingerprint density at radius 3 is 2.71 bits per heavy atom. The van der Waals surface area contributed by atoms with Gasteiger partial charge in [-0.25, -0.2) is 0 Å². The molecule has 1 aliphatic heterocycles. The first kappa shape index (κ1) is 12.1. The van der Waals surface area contributed by atoms with E-state index in [0.29, 0.717) is 6.04 Å². The van der Waals surface area contributed by atoms with Crippen LogP contribution in [0.25, 0.3) is 0 Å². The molecule has 1 heterocycles. The van der Waals surface area contributed by atoms with Gasteiger partial charge in [-0.05, 0) is 17.2 Å². The number of nitro groups is 1. The largest absolute Gasteiger partial charge is 0.285 e. The zero-order chi connectivity index (χ0) is 14.4. The van der Waals surface area contributed by atoms with E-state index in [9.17, 15) is 10.1 Å². The van der Waals surface area contributed by atoms with Crippen LogP contribution in [0.15, 0.2) is 53.6 Å². The Balaban J connectivity index is 1.51. The van der Waals surface area contributed by atoms with Crippen LogP contribution in [0.4, 0.5) is 5.69 Å². The van der Waals surface area contributed by atoms with Crippen molar-refractivity contribution < 1.29 is 4.92 Å². The van der Waals surface area contributed by atoms with Gasteiger partial charge in [0.1, 0.15) is 0 Å². The summed E-state index contributed by atoms with van der Waals surface area (Å²) in [7, 11) is 0. The second-order valence-electron chi connectivity index (χ2n) is 5.37. The van der Waals surface area contributed by atoms with Gasteiger partial charge in [0.2, 0.25) is 0 Å². The lowest BCUT2D eigenvalue weighted by molar-refractivity contribution is -0.384. The van der Waals surface area contributed by atoms with Gasteiger partial charge < -0.3 is 0 Å². The van der Waals surface area contributed by atoms with Crippen molar-refractivity contribution >= 4 is 11.4 Å². The first-order valence-electron chi connectivity index (χ1n) is 6.89. The number of nitro benzene ring substituents is 1. The molecule has 0 aromatic heterocycles. The normalized spacial score (nSPS) is 20.9. The summed E-state index contributed by atoms with van der Waals surface area (Å²) in [6.07, 6.45) is 0.717. The van der Waals surface area contributed by atoms with E-state index in [4.69, 9.17) is 0 Å². The predicted molar refractivity (Wildman–Crippen MR) is 79.2 cm³/mol. The van der Waals surface area contributed by atoms with E-state index in [2.05, 4.69) is 22.2 Å². The molecule has 0 N–H and O–H groups in total. The van der Waals surface area contributed by atoms with Crippen molar-refractivity contribution in [3.8, 4) is 0 Å². The van der Waals surface area contributed by atoms with E-state index in [0.717, 1.165) is 29.8 Å². The Morgan fingerprint density at radius 2 is 2.00 bits per heavy atom. The molecule has 0 bridgehead atoms. The van der Waals surface area contributed by atoms with Crippen molar-refractivity contribution in [1.82, 2.24) is 5.01 Å². The molecule has 104 valence electrons. The van der Waals surface area contributed by atoms with Gasteiger partial charge in [-0.2, -0.15) is 5.10 Å². The van der Waals surface area contributed by atoms with Crippen LogP contribution < -0.4 is 0 Å². The number of nitrogens with zero attached hydrogens (tertiary/aromatic N) is 3. The third kappa shape index (κ3) is 2.07. The zero-order valence-electron chi connectivity index (χ0n) is 11.3. The van der Waals surface area contributed by atoms with Gasteiger partial charge in [-0.15, -0.1) is 0 Å². The molecule has 1 fully saturated rings. The van der Waals surface area contributed by atoms with Crippen LogP contribution in [0.3, 0.4) is 0 Å².